The molecule has 0 bridgehead atoms. The van der Waals surface area contributed by atoms with Crippen LogP contribution in [0.1, 0.15) is 19.8 Å². The molecule has 1 aliphatic rings. The lowest BCUT2D eigenvalue weighted by molar-refractivity contribution is 1.12. The monoisotopic (exact) mass is 214 g/mol. The van der Waals surface area contributed by atoms with E-state index in [1.54, 1.807) is 0 Å². The second-order valence-corrected chi connectivity index (χ2v) is 4.24. The molecule has 1 fully saturated rings. The van der Waals surface area contributed by atoms with Crippen molar-refractivity contribution in [2.75, 3.05) is 5.43 Å². The van der Waals surface area contributed by atoms with Gasteiger partial charge in [-0.1, -0.05) is 12.1 Å². The number of nitrogens with zero attached hydrogens (tertiary/aromatic N) is 2. The molecule has 4 heteroatoms. The standard InChI is InChI=1S/C12H14N4/c1-8(9-6-7-9)15-16-12-13-10-4-2-3-5-11(10)14-12/h2-5,9H,6-7H2,1H3,(H2,13,14,16). The van der Waals surface area contributed by atoms with E-state index in [0.29, 0.717) is 11.9 Å². The molecule has 2 aromatic rings. The molecule has 0 atom stereocenters. The fourth-order valence-electron chi connectivity index (χ4n) is 1.74. The van der Waals surface area contributed by atoms with Gasteiger partial charge in [0, 0.05) is 5.71 Å². The number of imidazole rings is 1. The number of rotatable bonds is 3. The molecule has 16 heavy (non-hydrogen) atoms. The number of hydrazone groups is 1. The van der Waals surface area contributed by atoms with Crippen LogP contribution in [-0.4, -0.2) is 15.7 Å². The van der Waals surface area contributed by atoms with Crippen LogP contribution in [0.2, 0.25) is 0 Å². The lowest BCUT2D eigenvalue weighted by Crippen LogP contribution is -2.00. The SMILES string of the molecule is CC(=NNc1nc2ccccc2[nH]1)C1CC1. The van der Waals surface area contributed by atoms with Crippen molar-refractivity contribution >= 4 is 22.7 Å². The zero-order valence-corrected chi connectivity index (χ0v) is 9.20. The van der Waals surface area contributed by atoms with Gasteiger partial charge in [-0.05, 0) is 37.8 Å². The van der Waals surface area contributed by atoms with Crippen LogP contribution in [0.25, 0.3) is 11.0 Å². The topological polar surface area (TPSA) is 53.1 Å². The largest absolute Gasteiger partial charge is 0.323 e. The lowest BCUT2D eigenvalue weighted by atomic mass is 10.3. The van der Waals surface area contributed by atoms with Crippen LogP contribution >= 0.6 is 0 Å². The number of nitrogens with one attached hydrogen (secondary N) is 2. The maximum Gasteiger partial charge on any atom is 0.222 e. The molecule has 0 unspecified atom stereocenters. The minimum absolute atomic E-state index is 0.692. The summed E-state index contributed by atoms with van der Waals surface area (Å²) in [7, 11) is 0. The van der Waals surface area contributed by atoms with Crippen LogP contribution in [0.4, 0.5) is 5.95 Å². The van der Waals surface area contributed by atoms with Crippen LogP contribution in [0.5, 0.6) is 0 Å². The first kappa shape index (κ1) is 9.39. The maximum absolute atomic E-state index is 4.39. The summed E-state index contributed by atoms with van der Waals surface area (Å²) < 4.78 is 0. The summed E-state index contributed by atoms with van der Waals surface area (Å²) >= 11 is 0. The summed E-state index contributed by atoms with van der Waals surface area (Å²) in [6.45, 7) is 2.06. The van der Waals surface area contributed by atoms with Crippen molar-refractivity contribution in [3.05, 3.63) is 24.3 Å². The number of H-pyrrole nitrogens is 1. The van der Waals surface area contributed by atoms with Gasteiger partial charge in [-0.15, -0.1) is 0 Å². The van der Waals surface area contributed by atoms with E-state index in [1.807, 2.05) is 24.3 Å². The quantitative estimate of drug-likeness (QED) is 0.609. The molecule has 1 aliphatic carbocycles. The van der Waals surface area contributed by atoms with Crippen LogP contribution in [0.3, 0.4) is 0 Å². The molecule has 0 aliphatic heterocycles. The molecule has 2 N–H and O–H groups in total. The van der Waals surface area contributed by atoms with Crippen molar-refractivity contribution in [3.8, 4) is 0 Å². The van der Waals surface area contributed by atoms with Crippen molar-refractivity contribution in [2.24, 2.45) is 11.0 Å². The lowest BCUT2D eigenvalue weighted by Gasteiger charge is -1.97. The van der Waals surface area contributed by atoms with Gasteiger partial charge in [-0.25, -0.2) is 10.4 Å². The third-order valence-corrected chi connectivity index (χ3v) is 2.90. The van der Waals surface area contributed by atoms with Gasteiger partial charge >= 0.3 is 0 Å². The summed E-state index contributed by atoms with van der Waals surface area (Å²) in [5.74, 6) is 1.40. The van der Waals surface area contributed by atoms with E-state index in [2.05, 4.69) is 27.4 Å². The molecule has 3 rings (SSSR count). The predicted molar refractivity (Wildman–Crippen MR) is 65.5 cm³/mol. The molecule has 0 spiro atoms. The van der Waals surface area contributed by atoms with Crippen molar-refractivity contribution in [3.63, 3.8) is 0 Å². The highest BCUT2D eigenvalue weighted by Crippen LogP contribution is 2.30. The number of benzene rings is 1. The molecule has 0 amide bonds. The van der Waals surface area contributed by atoms with Crippen molar-refractivity contribution in [1.82, 2.24) is 9.97 Å². The molecule has 1 aromatic heterocycles. The Morgan fingerprint density at radius 2 is 2.25 bits per heavy atom. The third-order valence-electron chi connectivity index (χ3n) is 2.90. The normalized spacial score (nSPS) is 16.7. The number of hydrogen-bond acceptors (Lipinski definition) is 3. The van der Waals surface area contributed by atoms with E-state index in [-0.39, 0.29) is 0 Å². The number of fused-ring (bicyclic) bond motifs is 1. The third kappa shape index (κ3) is 1.78. The molecule has 4 nitrogen and oxygen atoms in total. The Morgan fingerprint density at radius 3 is 3.00 bits per heavy atom. The van der Waals surface area contributed by atoms with Crippen molar-refractivity contribution in [2.45, 2.75) is 19.8 Å². The molecule has 1 aromatic carbocycles. The summed E-state index contributed by atoms with van der Waals surface area (Å²) in [4.78, 5) is 7.57. The van der Waals surface area contributed by atoms with Gasteiger partial charge in [-0.2, -0.15) is 5.10 Å². The van der Waals surface area contributed by atoms with E-state index in [0.717, 1.165) is 11.0 Å². The van der Waals surface area contributed by atoms with E-state index in [9.17, 15) is 0 Å². The smallest absolute Gasteiger partial charge is 0.222 e. The fourth-order valence-corrected chi connectivity index (χ4v) is 1.74. The van der Waals surface area contributed by atoms with Crippen LogP contribution < -0.4 is 5.43 Å². The average Bonchev–Trinajstić information content (AvgIpc) is 3.06. The Hall–Kier alpha value is -1.84. The zero-order chi connectivity index (χ0) is 11.0. The van der Waals surface area contributed by atoms with Crippen molar-refractivity contribution < 1.29 is 0 Å². The Labute approximate surface area is 93.8 Å². The molecule has 1 saturated carbocycles. The summed E-state index contributed by atoms with van der Waals surface area (Å²) in [6.07, 6.45) is 2.55. The number of para-hydroxylation sites is 2. The van der Waals surface area contributed by atoms with E-state index < -0.39 is 0 Å². The first-order valence-electron chi connectivity index (χ1n) is 5.58. The van der Waals surface area contributed by atoms with Gasteiger partial charge in [0.25, 0.3) is 0 Å². The zero-order valence-electron chi connectivity index (χ0n) is 9.20. The first-order valence-corrected chi connectivity index (χ1v) is 5.58. The molecule has 0 radical (unpaired) electrons. The van der Waals surface area contributed by atoms with E-state index in [1.165, 1.54) is 18.6 Å². The molecule has 82 valence electrons. The van der Waals surface area contributed by atoms with Gasteiger partial charge in [0.15, 0.2) is 0 Å². The Morgan fingerprint density at radius 1 is 1.44 bits per heavy atom. The highest BCUT2D eigenvalue weighted by atomic mass is 15.4. The van der Waals surface area contributed by atoms with Crippen LogP contribution in [0, 0.1) is 5.92 Å². The highest BCUT2D eigenvalue weighted by Gasteiger charge is 2.24. The highest BCUT2D eigenvalue weighted by molar-refractivity contribution is 5.87. The molecule has 0 saturated heterocycles. The van der Waals surface area contributed by atoms with E-state index in [4.69, 9.17) is 0 Å². The predicted octanol–water partition coefficient (Wildman–Crippen LogP) is 2.76. The second kappa shape index (κ2) is 3.63. The van der Waals surface area contributed by atoms with E-state index >= 15 is 0 Å². The Balaban J connectivity index is 1.81. The molecule has 1 heterocycles. The number of aromatic nitrogens is 2. The van der Waals surface area contributed by atoms with Gasteiger partial charge in [0.1, 0.15) is 0 Å². The second-order valence-electron chi connectivity index (χ2n) is 4.24. The van der Waals surface area contributed by atoms with Crippen molar-refractivity contribution in [1.29, 1.82) is 0 Å². The summed E-state index contributed by atoms with van der Waals surface area (Å²) in [6, 6.07) is 7.95. The van der Waals surface area contributed by atoms with Crippen LogP contribution in [0.15, 0.2) is 29.4 Å². The average molecular weight is 214 g/mol. The van der Waals surface area contributed by atoms with Crippen LogP contribution in [-0.2, 0) is 0 Å². The Bertz CT molecular complexity index is 504. The maximum atomic E-state index is 4.39. The van der Waals surface area contributed by atoms with Gasteiger partial charge in [0.05, 0.1) is 11.0 Å². The van der Waals surface area contributed by atoms with Gasteiger partial charge in [-0.3, -0.25) is 0 Å². The Kier molecular flexibility index (Phi) is 2.13. The minimum atomic E-state index is 0.692. The van der Waals surface area contributed by atoms with Gasteiger partial charge in [0.2, 0.25) is 5.95 Å². The summed E-state index contributed by atoms with van der Waals surface area (Å²) in [5.41, 5.74) is 6.14. The minimum Gasteiger partial charge on any atom is -0.323 e. The number of hydrogen-bond donors (Lipinski definition) is 2. The van der Waals surface area contributed by atoms with Gasteiger partial charge < -0.3 is 4.98 Å². The first-order chi connectivity index (χ1) is 7.83. The fraction of sp³-hybridized carbons (Fsp3) is 0.333. The number of anilines is 1. The molecular formula is C12H14N4. The number of aromatic amines is 1. The summed E-state index contributed by atoms with van der Waals surface area (Å²) in [5, 5.41) is 4.32. The molecular weight excluding hydrogens is 200 g/mol.